The number of likely N-dealkylation sites (tertiary alicyclic amines) is 1. The van der Waals surface area contributed by atoms with Crippen LogP contribution in [0.3, 0.4) is 0 Å². The van der Waals surface area contributed by atoms with Gasteiger partial charge in [-0.2, -0.15) is 0 Å². The van der Waals surface area contributed by atoms with Gasteiger partial charge in [-0.3, -0.25) is 4.90 Å². The summed E-state index contributed by atoms with van der Waals surface area (Å²) in [5.74, 6) is 0.921. The van der Waals surface area contributed by atoms with Crippen LogP contribution >= 0.6 is 11.3 Å². The number of hydrogen-bond acceptors (Lipinski definition) is 5. The molecule has 0 bridgehead atoms. The number of thiazole rings is 1. The molecule has 1 saturated heterocycles. The Kier molecular flexibility index (Phi) is 4.95. The van der Waals surface area contributed by atoms with Gasteiger partial charge in [0.2, 0.25) is 0 Å². The number of aromatic nitrogens is 1. The van der Waals surface area contributed by atoms with E-state index in [9.17, 15) is 0 Å². The highest BCUT2D eigenvalue weighted by Gasteiger charge is 2.20. The van der Waals surface area contributed by atoms with E-state index in [1.807, 2.05) is 23.7 Å². The number of nitrogens with one attached hydrogen (secondary N) is 1. The highest BCUT2D eigenvalue weighted by atomic mass is 32.1. The van der Waals surface area contributed by atoms with Gasteiger partial charge < -0.3 is 10.1 Å². The molecule has 4 nitrogen and oxygen atoms in total. The lowest BCUT2D eigenvalue weighted by Crippen LogP contribution is -2.38. The fourth-order valence-corrected chi connectivity index (χ4v) is 3.72. The van der Waals surface area contributed by atoms with Gasteiger partial charge in [-0.05, 0) is 31.9 Å². The first kappa shape index (κ1) is 15.3. The summed E-state index contributed by atoms with van der Waals surface area (Å²) < 4.78 is 5.41. The van der Waals surface area contributed by atoms with Crippen molar-refractivity contribution in [1.82, 2.24) is 9.88 Å². The SMILES string of the molecule is COc1ccccc1NC1CCN(Cc2scnc2C)CC1. The Labute approximate surface area is 136 Å². The molecule has 0 aliphatic carbocycles. The van der Waals surface area contributed by atoms with Crippen molar-refractivity contribution in [3.63, 3.8) is 0 Å². The van der Waals surface area contributed by atoms with Gasteiger partial charge in [-0.15, -0.1) is 11.3 Å². The Morgan fingerprint density at radius 2 is 2.09 bits per heavy atom. The number of rotatable bonds is 5. The molecule has 2 heterocycles. The van der Waals surface area contributed by atoms with Gasteiger partial charge in [-0.1, -0.05) is 12.1 Å². The van der Waals surface area contributed by atoms with Gasteiger partial charge in [0.15, 0.2) is 0 Å². The molecule has 3 rings (SSSR count). The van der Waals surface area contributed by atoms with Gasteiger partial charge in [0.1, 0.15) is 5.75 Å². The summed E-state index contributed by atoms with van der Waals surface area (Å²) in [5.41, 5.74) is 4.22. The predicted octanol–water partition coefficient (Wildman–Crippen LogP) is 3.54. The van der Waals surface area contributed by atoms with Crippen LogP contribution in [0.4, 0.5) is 5.69 Å². The van der Waals surface area contributed by atoms with E-state index in [1.165, 1.54) is 10.6 Å². The van der Waals surface area contributed by atoms with E-state index in [1.54, 1.807) is 18.4 Å². The van der Waals surface area contributed by atoms with E-state index in [-0.39, 0.29) is 0 Å². The first-order valence-corrected chi connectivity index (χ1v) is 8.65. The number of hydrogen-bond donors (Lipinski definition) is 1. The number of anilines is 1. The third-order valence-corrected chi connectivity index (χ3v) is 5.19. The first-order valence-electron chi connectivity index (χ1n) is 7.77. The summed E-state index contributed by atoms with van der Waals surface area (Å²) in [6, 6.07) is 8.67. The van der Waals surface area contributed by atoms with Crippen molar-refractivity contribution in [2.24, 2.45) is 0 Å². The topological polar surface area (TPSA) is 37.4 Å². The zero-order valence-corrected chi connectivity index (χ0v) is 14.0. The smallest absolute Gasteiger partial charge is 0.141 e. The molecule has 1 aromatic heterocycles. The molecule has 1 aliphatic heterocycles. The molecule has 22 heavy (non-hydrogen) atoms. The molecule has 0 radical (unpaired) electrons. The van der Waals surface area contributed by atoms with E-state index >= 15 is 0 Å². The van der Waals surface area contributed by atoms with Crippen LogP contribution in [0.15, 0.2) is 29.8 Å². The van der Waals surface area contributed by atoms with Crippen molar-refractivity contribution in [2.75, 3.05) is 25.5 Å². The average Bonchev–Trinajstić information content (AvgIpc) is 2.95. The number of methoxy groups -OCH3 is 1. The standard InChI is InChI=1S/C17H23N3OS/c1-13-17(22-12-18-13)11-20-9-7-14(8-10-20)19-15-5-3-4-6-16(15)21-2/h3-6,12,14,19H,7-11H2,1-2H3. The van der Waals surface area contributed by atoms with E-state index in [0.717, 1.165) is 43.9 Å². The molecule has 1 fully saturated rings. The molecule has 1 N–H and O–H groups in total. The van der Waals surface area contributed by atoms with Gasteiger partial charge in [0.25, 0.3) is 0 Å². The fourth-order valence-electron chi connectivity index (χ4n) is 2.90. The van der Waals surface area contributed by atoms with E-state index < -0.39 is 0 Å². The molecule has 2 aromatic rings. The van der Waals surface area contributed by atoms with Crippen molar-refractivity contribution in [1.29, 1.82) is 0 Å². The van der Waals surface area contributed by atoms with Crippen molar-refractivity contribution in [2.45, 2.75) is 32.4 Å². The minimum absolute atomic E-state index is 0.523. The minimum Gasteiger partial charge on any atom is -0.495 e. The lowest BCUT2D eigenvalue weighted by atomic mass is 10.0. The summed E-state index contributed by atoms with van der Waals surface area (Å²) >= 11 is 1.77. The van der Waals surface area contributed by atoms with Crippen LogP contribution in [0.2, 0.25) is 0 Å². The molecule has 1 aromatic carbocycles. The van der Waals surface area contributed by atoms with Crippen LogP contribution in [0.1, 0.15) is 23.4 Å². The van der Waals surface area contributed by atoms with Crippen molar-refractivity contribution >= 4 is 17.0 Å². The molecule has 0 unspecified atom stereocenters. The molecule has 118 valence electrons. The second-order valence-electron chi connectivity index (χ2n) is 5.76. The van der Waals surface area contributed by atoms with E-state index in [0.29, 0.717) is 6.04 Å². The largest absolute Gasteiger partial charge is 0.495 e. The minimum atomic E-state index is 0.523. The van der Waals surface area contributed by atoms with E-state index in [4.69, 9.17) is 4.74 Å². The Hall–Kier alpha value is -1.59. The third-order valence-electron chi connectivity index (χ3n) is 4.27. The summed E-state index contributed by atoms with van der Waals surface area (Å²) in [6.45, 7) is 5.40. The maximum absolute atomic E-state index is 5.41. The summed E-state index contributed by atoms with van der Waals surface area (Å²) in [4.78, 5) is 8.27. The molecule has 0 saturated carbocycles. The summed E-state index contributed by atoms with van der Waals surface area (Å²) in [7, 11) is 1.72. The lowest BCUT2D eigenvalue weighted by Gasteiger charge is -2.32. The Morgan fingerprint density at radius 1 is 1.32 bits per heavy atom. The Balaban J connectivity index is 1.52. The van der Waals surface area contributed by atoms with Crippen molar-refractivity contribution in [3.8, 4) is 5.75 Å². The predicted molar refractivity (Wildman–Crippen MR) is 91.8 cm³/mol. The Morgan fingerprint density at radius 3 is 2.77 bits per heavy atom. The van der Waals surface area contributed by atoms with Gasteiger partial charge in [0, 0.05) is 30.6 Å². The number of para-hydroxylation sites is 2. The van der Waals surface area contributed by atoms with Gasteiger partial charge >= 0.3 is 0 Å². The van der Waals surface area contributed by atoms with Crippen LogP contribution in [0.5, 0.6) is 5.75 Å². The molecule has 0 atom stereocenters. The first-order chi connectivity index (χ1) is 10.8. The van der Waals surface area contributed by atoms with Crippen molar-refractivity contribution < 1.29 is 4.74 Å². The summed E-state index contributed by atoms with van der Waals surface area (Å²) in [6.07, 6.45) is 2.33. The zero-order valence-electron chi connectivity index (χ0n) is 13.2. The van der Waals surface area contributed by atoms with Crippen LogP contribution < -0.4 is 10.1 Å². The maximum Gasteiger partial charge on any atom is 0.141 e. The maximum atomic E-state index is 5.41. The van der Waals surface area contributed by atoms with E-state index in [2.05, 4.69) is 28.2 Å². The van der Waals surface area contributed by atoms with Crippen molar-refractivity contribution in [3.05, 3.63) is 40.3 Å². The summed E-state index contributed by atoms with van der Waals surface area (Å²) in [5, 5.41) is 3.63. The highest BCUT2D eigenvalue weighted by molar-refractivity contribution is 7.09. The number of piperidine rings is 1. The number of benzene rings is 1. The van der Waals surface area contributed by atoms with Crippen LogP contribution in [0.25, 0.3) is 0 Å². The van der Waals surface area contributed by atoms with Crippen LogP contribution in [0, 0.1) is 6.92 Å². The zero-order chi connectivity index (χ0) is 15.4. The number of nitrogens with zero attached hydrogens (tertiary/aromatic N) is 2. The quantitative estimate of drug-likeness (QED) is 0.915. The second kappa shape index (κ2) is 7.11. The monoisotopic (exact) mass is 317 g/mol. The van der Waals surface area contributed by atoms with Crippen LogP contribution in [-0.2, 0) is 6.54 Å². The molecular weight excluding hydrogens is 294 g/mol. The molecular formula is C17H23N3OS. The highest BCUT2D eigenvalue weighted by Crippen LogP contribution is 2.26. The van der Waals surface area contributed by atoms with Gasteiger partial charge in [0.05, 0.1) is 24.0 Å². The molecule has 0 spiro atoms. The number of ether oxygens (including phenoxy) is 1. The third kappa shape index (κ3) is 3.59. The molecule has 1 aliphatic rings. The van der Waals surface area contributed by atoms with Gasteiger partial charge in [-0.25, -0.2) is 4.98 Å². The number of aryl methyl sites for hydroxylation is 1. The molecule has 0 amide bonds. The molecule has 5 heteroatoms. The van der Waals surface area contributed by atoms with Crippen LogP contribution in [-0.4, -0.2) is 36.1 Å². The fraction of sp³-hybridized carbons (Fsp3) is 0.471. The Bertz CT molecular complexity index is 605. The lowest BCUT2D eigenvalue weighted by molar-refractivity contribution is 0.212. The second-order valence-corrected chi connectivity index (χ2v) is 6.70. The average molecular weight is 317 g/mol. The normalized spacial score (nSPS) is 16.6.